The third kappa shape index (κ3) is 3.11. The Kier molecular flexibility index (Phi) is 3.69. The number of nitrogens with zero attached hydrogens (tertiary/aromatic N) is 1. The molecule has 1 aromatic heterocycles. The van der Waals surface area contributed by atoms with Crippen LogP contribution in [0.4, 0.5) is 23.2 Å². The van der Waals surface area contributed by atoms with Gasteiger partial charge in [0.15, 0.2) is 0 Å². The smallest absolute Gasteiger partial charge is 0.320 e. The molecular formula is C13H8F4N2O. The number of rotatable bonds is 2. The fourth-order valence-electron chi connectivity index (χ4n) is 1.56. The van der Waals surface area contributed by atoms with Crippen molar-refractivity contribution in [3.63, 3.8) is 0 Å². The molecule has 1 heterocycles. The molecule has 0 bridgehead atoms. The van der Waals surface area contributed by atoms with Crippen LogP contribution in [0.15, 0.2) is 42.5 Å². The van der Waals surface area contributed by atoms with Crippen LogP contribution in [0.2, 0.25) is 0 Å². The maximum atomic E-state index is 12.9. The largest absolute Gasteiger partial charge is 0.418 e. The van der Waals surface area contributed by atoms with E-state index in [1.165, 1.54) is 24.3 Å². The van der Waals surface area contributed by atoms with Crippen molar-refractivity contribution in [3.05, 3.63) is 59.7 Å². The van der Waals surface area contributed by atoms with Crippen LogP contribution in [0.1, 0.15) is 16.1 Å². The van der Waals surface area contributed by atoms with E-state index in [1.54, 1.807) is 0 Å². The summed E-state index contributed by atoms with van der Waals surface area (Å²) in [6.07, 6.45) is -4.60. The molecule has 0 fully saturated rings. The number of alkyl halides is 3. The number of nitrogens with one attached hydrogen (secondary N) is 1. The number of amides is 1. The minimum Gasteiger partial charge on any atom is -0.320 e. The summed E-state index contributed by atoms with van der Waals surface area (Å²) in [5.74, 6) is -1.80. The van der Waals surface area contributed by atoms with Gasteiger partial charge in [0.05, 0.1) is 11.3 Å². The number of hydrogen-bond acceptors (Lipinski definition) is 2. The van der Waals surface area contributed by atoms with E-state index in [4.69, 9.17) is 0 Å². The third-order valence-corrected chi connectivity index (χ3v) is 2.43. The van der Waals surface area contributed by atoms with Gasteiger partial charge in [-0.3, -0.25) is 4.79 Å². The highest BCUT2D eigenvalue weighted by Crippen LogP contribution is 2.34. The van der Waals surface area contributed by atoms with Gasteiger partial charge in [-0.25, -0.2) is 4.98 Å². The number of anilines is 1. The molecule has 0 aliphatic rings. The minimum absolute atomic E-state index is 0.304. The first-order chi connectivity index (χ1) is 9.38. The Balaban J connectivity index is 2.29. The molecule has 1 aromatic carbocycles. The molecule has 0 unspecified atom stereocenters. The molecule has 0 atom stereocenters. The van der Waals surface area contributed by atoms with Crippen molar-refractivity contribution in [2.75, 3.05) is 5.32 Å². The predicted octanol–water partition coefficient (Wildman–Crippen LogP) is 3.49. The van der Waals surface area contributed by atoms with Crippen LogP contribution in [0.5, 0.6) is 0 Å². The molecular weight excluding hydrogens is 276 g/mol. The van der Waals surface area contributed by atoms with Gasteiger partial charge in [0, 0.05) is 0 Å². The summed E-state index contributed by atoms with van der Waals surface area (Å²) in [4.78, 5) is 15.0. The first kappa shape index (κ1) is 14.0. The van der Waals surface area contributed by atoms with Crippen LogP contribution < -0.4 is 5.32 Å². The zero-order valence-electron chi connectivity index (χ0n) is 9.91. The van der Waals surface area contributed by atoms with Crippen molar-refractivity contribution in [1.29, 1.82) is 0 Å². The standard InChI is InChI=1S/C13H8F4N2O/c14-11-7-3-6-10(18-11)12(20)19-9-5-2-1-4-8(9)13(15,16)17/h1-7H,(H,19,20). The molecule has 3 nitrogen and oxygen atoms in total. The summed E-state index contributed by atoms with van der Waals surface area (Å²) >= 11 is 0. The van der Waals surface area contributed by atoms with Gasteiger partial charge in [-0.1, -0.05) is 18.2 Å². The molecule has 20 heavy (non-hydrogen) atoms. The average Bonchev–Trinajstić information content (AvgIpc) is 2.38. The lowest BCUT2D eigenvalue weighted by molar-refractivity contribution is -0.136. The summed E-state index contributed by atoms with van der Waals surface area (Å²) in [5.41, 5.74) is -1.69. The highest BCUT2D eigenvalue weighted by molar-refractivity contribution is 6.03. The van der Waals surface area contributed by atoms with Crippen LogP contribution in [-0.4, -0.2) is 10.9 Å². The van der Waals surface area contributed by atoms with Crippen molar-refractivity contribution >= 4 is 11.6 Å². The highest BCUT2D eigenvalue weighted by atomic mass is 19.4. The van der Waals surface area contributed by atoms with Gasteiger partial charge in [-0.05, 0) is 24.3 Å². The quantitative estimate of drug-likeness (QED) is 0.677. The molecule has 7 heteroatoms. The van der Waals surface area contributed by atoms with E-state index in [0.29, 0.717) is 0 Å². The molecule has 2 aromatic rings. The lowest BCUT2D eigenvalue weighted by atomic mass is 10.1. The molecule has 1 N–H and O–H groups in total. The van der Waals surface area contributed by atoms with Crippen molar-refractivity contribution in [2.45, 2.75) is 6.18 Å². The molecule has 1 amide bonds. The summed E-state index contributed by atoms with van der Waals surface area (Å²) in [7, 11) is 0. The third-order valence-electron chi connectivity index (χ3n) is 2.43. The minimum atomic E-state index is -4.60. The molecule has 0 saturated heterocycles. The van der Waals surface area contributed by atoms with E-state index in [1.807, 2.05) is 0 Å². The lowest BCUT2D eigenvalue weighted by Crippen LogP contribution is -2.17. The van der Waals surface area contributed by atoms with Crippen molar-refractivity contribution in [2.24, 2.45) is 0 Å². The summed E-state index contributed by atoms with van der Waals surface area (Å²) < 4.78 is 51.1. The van der Waals surface area contributed by atoms with Gasteiger partial charge in [0.1, 0.15) is 5.69 Å². The normalized spacial score (nSPS) is 11.2. The van der Waals surface area contributed by atoms with E-state index < -0.39 is 29.3 Å². The van der Waals surface area contributed by atoms with Gasteiger partial charge in [0.2, 0.25) is 5.95 Å². The Bertz CT molecular complexity index is 640. The van der Waals surface area contributed by atoms with E-state index in [-0.39, 0.29) is 5.69 Å². The number of aromatic nitrogens is 1. The van der Waals surface area contributed by atoms with Gasteiger partial charge in [-0.2, -0.15) is 17.6 Å². The monoisotopic (exact) mass is 284 g/mol. The Morgan fingerprint density at radius 3 is 2.40 bits per heavy atom. The second-order valence-electron chi connectivity index (χ2n) is 3.84. The second kappa shape index (κ2) is 5.28. The van der Waals surface area contributed by atoms with Crippen LogP contribution in [-0.2, 0) is 6.18 Å². The topological polar surface area (TPSA) is 42.0 Å². The van der Waals surface area contributed by atoms with Crippen LogP contribution in [0, 0.1) is 5.95 Å². The van der Waals surface area contributed by atoms with Gasteiger partial charge in [0.25, 0.3) is 5.91 Å². The summed E-state index contributed by atoms with van der Waals surface area (Å²) in [6.45, 7) is 0. The first-order valence-electron chi connectivity index (χ1n) is 5.48. The fourth-order valence-corrected chi connectivity index (χ4v) is 1.56. The number of pyridine rings is 1. The van der Waals surface area contributed by atoms with E-state index in [0.717, 1.165) is 18.2 Å². The maximum Gasteiger partial charge on any atom is 0.418 e. The van der Waals surface area contributed by atoms with Gasteiger partial charge < -0.3 is 5.32 Å². The number of carbonyl (C=O) groups excluding carboxylic acids is 1. The van der Waals surface area contributed by atoms with Gasteiger partial charge >= 0.3 is 6.18 Å². The number of hydrogen-bond donors (Lipinski definition) is 1. The summed E-state index contributed by atoms with van der Waals surface area (Å²) in [6, 6.07) is 7.99. The van der Waals surface area contributed by atoms with E-state index >= 15 is 0 Å². The zero-order valence-corrected chi connectivity index (χ0v) is 9.91. The number of benzene rings is 1. The van der Waals surface area contributed by atoms with Crippen molar-refractivity contribution in [3.8, 4) is 0 Å². The molecule has 0 aliphatic heterocycles. The highest BCUT2D eigenvalue weighted by Gasteiger charge is 2.33. The molecule has 0 radical (unpaired) electrons. The fraction of sp³-hybridized carbons (Fsp3) is 0.0769. The van der Waals surface area contributed by atoms with E-state index in [2.05, 4.69) is 10.3 Å². The second-order valence-corrected chi connectivity index (χ2v) is 3.84. The first-order valence-corrected chi connectivity index (χ1v) is 5.48. The Morgan fingerprint density at radius 2 is 1.75 bits per heavy atom. The van der Waals surface area contributed by atoms with E-state index in [9.17, 15) is 22.4 Å². The number of para-hydroxylation sites is 1. The Hall–Kier alpha value is -2.44. The SMILES string of the molecule is O=C(Nc1ccccc1C(F)(F)F)c1cccc(F)n1. The predicted molar refractivity (Wildman–Crippen MR) is 63.6 cm³/mol. The average molecular weight is 284 g/mol. The number of carbonyl (C=O) groups is 1. The molecule has 0 spiro atoms. The van der Waals surface area contributed by atoms with Crippen molar-refractivity contribution in [1.82, 2.24) is 4.98 Å². The van der Waals surface area contributed by atoms with Crippen LogP contribution in [0.25, 0.3) is 0 Å². The summed E-state index contributed by atoms with van der Waals surface area (Å²) in [5, 5.41) is 2.07. The zero-order chi connectivity index (χ0) is 14.8. The lowest BCUT2D eigenvalue weighted by Gasteiger charge is -2.13. The molecule has 0 aliphatic carbocycles. The van der Waals surface area contributed by atoms with Gasteiger partial charge in [-0.15, -0.1) is 0 Å². The molecule has 104 valence electrons. The maximum absolute atomic E-state index is 12.9. The molecule has 0 saturated carbocycles. The molecule has 2 rings (SSSR count). The Labute approximate surface area is 111 Å². The van der Waals surface area contributed by atoms with Crippen LogP contribution >= 0.6 is 0 Å². The number of halogens is 4. The van der Waals surface area contributed by atoms with Crippen LogP contribution in [0.3, 0.4) is 0 Å². The Morgan fingerprint density at radius 1 is 1.05 bits per heavy atom. The van der Waals surface area contributed by atoms with Crippen molar-refractivity contribution < 1.29 is 22.4 Å².